The van der Waals surface area contributed by atoms with Gasteiger partial charge in [0.15, 0.2) is 11.3 Å². The normalized spacial score (nSPS) is 19.9. The Hall–Kier alpha value is -3.51. The molecule has 1 aliphatic rings. The highest BCUT2D eigenvalue weighted by Gasteiger charge is 2.25. The highest BCUT2D eigenvalue weighted by molar-refractivity contribution is 5.81. The largest absolute Gasteiger partial charge is 0.393 e. The summed E-state index contributed by atoms with van der Waals surface area (Å²) < 4.78 is 3.34. The van der Waals surface area contributed by atoms with E-state index < -0.39 is 6.10 Å². The second-order valence-corrected chi connectivity index (χ2v) is 7.08. The van der Waals surface area contributed by atoms with Crippen LogP contribution in [-0.2, 0) is 0 Å². The van der Waals surface area contributed by atoms with Crippen LogP contribution in [0.1, 0.15) is 31.7 Å². The molecule has 0 bridgehead atoms. The molecule has 0 spiro atoms. The van der Waals surface area contributed by atoms with Crippen molar-refractivity contribution in [1.29, 1.82) is 0 Å². The first-order valence-corrected chi connectivity index (χ1v) is 9.14. The number of imidazole rings is 2. The number of hydrogen-bond acceptors (Lipinski definition) is 5. The van der Waals surface area contributed by atoms with Gasteiger partial charge in [-0.15, -0.1) is 0 Å². The van der Waals surface area contributed by atoms with Crippen molar-refractivity contribution in [3.05, 3.63) is 52.6 Å². The molecule has 1 aromatic carbocycles. The third-order valence-electron chi connectivity index (χ3n) is 5.30. The van der Waals surface area contributed by atoms with Gasteiger partial charge in [-0.05, 0) is 37.8 Å². The first-order valence-electron chi connectivity index (χ1n) is 9.14. The van der Waals surface area contributed by atoms with Gasteiger partial charge in [0.2, 0.25) is 5.95 Å². The number of aliphatic hydroxyl groups excluding tert-OH is 1. The SMILES string of the molecule is [C-]#[N+]c1ccc2ncn(-c3ncc4[nH]c(=O)n(C5CCCC(O)C5)c4n3)c2c1. The van der Waals surface area contributed by atoms with Gasteiger partial charge < -0.3 is 10.1 Å². The van der Waals surface area contributed by atoms with Crippen molar-refractivity contribution in [1.82, 2.24) is 29.1 Å². The number of nitrogens with zero attached hydrogens (tertiary/aromatic N) is 6. The number of nitrogens with one attached hydrogen (secondary N) is 1. The summed E-state index contributed by atoms with van der Waals surface area (Å²) >= 11 is 0. The van der Waals surface area contributed by atoms with Crippen LogP contribution in [0.15, 0.2) is 35.5 Å². The van der Waals surface area contributed by atoms with Crippen LogP contribution in [0.4, 0.5) is 5.69 Å². The zero-order valence-corrected chi connectivity index (χ0v) is 14.9. The summed E-state index contributed by atoms with van der Waals surface area (Å²) in [6.45, 7) is 7.22. The van der Waals surface area contributed by atoms with Gasteiger partial charge in [0.25, 0.3) is 0 Å². The predicted molar refractivity (Wildman–Crippen MR) is 103 cm³/mol. The van der Waals surface area contributed by atoms with E-state index in [9.17, 15) is 9.90 Å². The quantitative estimate of drug-likeness (QED) is 0.524. The standard InChI is InChI=1S/C19H17N7O2/c1-20-11-5-6-14-16(7-11)25(10-22-14)18-21-9-15-17(24-18)26(19(28)23-15)12-3-2-4-13(27)8-12/h5-7,9-10,12-13,27H,2-4,8H2,(H,23,28). The van der Waals surface area contributed by atoms with Gasteiger partial charge in [-0.2, -0.15) is 4.98 Å². The lowest BCUT2D eigenvalue weighted by Gasteiger charge is -2.26. The zero-order chi connectivity index (χ0) is 19.3. The second-order valence-electron chi connectivity index (χ2n) is 7.08. The number of benzene rings is 1. The Morgan fingerprint density at radius 2 is 2.18 bits per heavy atom. The number of rotatable bonds is 2. The van der Waals surface area contributed by atoms with E-state index in [1.54, 1.807) is 39.9 Å². The summed E-state index contributed by atoms with van der Waals surface area (Å²) in [5.74, 6) is 0.376. The summed E-state index contributed by atoms with van der Waals surface area (Å²) in [7, 11) is 0. The Balaban J connectivity index is 1.67. The summed E-state index contributed by atoms with van der Waals surface area (Å²) in [4.78, 5) is 32.2. The van der Waals surface area contributed by atoms with Crippen LogP contribution in [0.2, 0.25) is 0 Å². The van der Waals surface area contributed by atoms with E-state index in [1.165, 1.54) is 0 Å². The Morgan fingerprint density at radius 1 is 1.29 bits per heavy atom. The Bertz CT molecular complexity index is 1290. The van der Waals surface area contributed by atoms with E-state index in [0.717, 1.165) is 30.3 Å². The minimum Gasteiger partial charge on any atom is -0.393 e. The molecule has 2 unspecified atom stereocenters. The maximum absolute atomic E-state index is 12.5. The van der Waals surface area contributed by atoms with Crippen LogP contribution in [0.25, 0.3) is 33.0 Å². The molecule has 1 fully saturated rings. The maximum atomic E-state index is 12.5. The van der Waals surface area contributed by atoms with Gasteiger partial charge in [0.1, 0.15) is 11.8 Å². The lowest BCUT2D eigenvalue weighted by Crippen LogP contribution is -2.29. The van der Waals surface area contributed by atoms with Crippen molar-refractivity contribution >= 4 is 27.9 Å². The molecule has 5 rings (SSSR count). The average molecular weight is 375 g/mol. The van der Waals surface area contributed by atoms with Gasteiger partial charge in [-0.3, -0.25) is 9.13 Å². The third kappa shape index (κ3) is 2.58. The topological polar surface area (TPSA) is 106 Å². The molecule has 1 aliphatic carbocycles. The Labute approximate surface area is 159 Å². The van der Waals surface area contributed by atoms with Gasteiger partial charge in [-0.1, -0.05) is 6.07 Å². The molecule has 1 saturated carbocycles. The van der Waals surface area contributed by atoms with E-state index in [-0.39, 0.29) is 11.7 Å². The number of hydrogen-bond donors (Lipinski definition) is 2. The van der Waals surface area contributed by atoms with Crippen LogP contribution < -0.4 is 5.69 Å². The van der Waals surface area contributed by atoms with Crippen molar-refractivity contribution in [2.24, 2.45) is 0 Å². The minimum absolute atomic E-state index is 0.0963. The summed E-state index contributed by atoms with van der Waals surface area (Å²) in [5.41, 5.74) is 2.79. The Kier molecular flexibility index (Phi) is 3.74. The van der Waals surface area contributed by atoms with Crippen LogP contribution in [-0.4, -0.2) is 40.3 Å². The molecule has 2 atom stereocenters. The van der Waals surface area contributed by atoms with E-state index in [2.05, 4.69) is 24.8 Å². The molecule has 9 heteroatoms. The lowest BCUT2D eigenvalue weighted by molar-refractivity contribution is 0.104. The van der Waals surface area contributed by atoms with Crippen molar-refractivity contribution in [2.45, 2.75) is 37.8 Å². The lowest BCUT2D eigenvalue weighted by atomic mass is 9.93. The number of fused-ring (bicyclic) bond motifs is 2. The summed E-state index contributed by atoms with van der Waals surface area (Å²) in [5, 5.41) is 10.0. The molecule has 0 saturated heterocycles. The molecule has 28 heavy (non-hydrogen) atoms. The monoisotopic (exact) mass is 375 g/mol. The van der Waals surface area contributed by atoms with Gasteiger partial charge in [0, 0.05) is 6.04 Å². The van der Waals surface area contributed by atoms with Crippen LogP contribution in [0, 0.1) is 6.57 Å². The molecule has 9 nitrogen and oxygen atoms in total. The maximum Gasteiger partial charge on any atom is 0.327 e. The van der Waals surface area contributed by atoms with Crippen molar-refractivity contribution in [2.75, 3.05) is 0 Å². The summed E-state index contributed by atoms with van der Waals surface area (Å²) in [6.07, 6.45) is 5.78. The molecular weight excluding hydrogens is 358 g/mol. The van der Waals surface area contributed by atoms with Crippen molar-refractivity contribution < 1.29 is 5.11 Å². The molecule has 3 heterocycles. The van der Waals surface area contributed by atoms with Crippen LogP contribution >= 0.6 is 0 Å². The number of aromatic amines is 1. The minimum atomic E-state index is -0.401. The molecule has 0 radical (unpaired) electrons. The van der Waals surface area contributed by atoms with Crippen LogP contribution in [0.3, 0.4) is 0 Å². The molecule has 0 aliphatic heterocycles. The first-order chi connectivity index (χ1) is 13.6. The number of H-pyrrole nitrogens is 1. The fourth-order valence-electron chi connectivity index (χ4n) is 3.96. The fourth-order valence-corrected chi connectivity index (χ4v) is 3.96. The van der Waals surface area contributed by atoms with Crippen molar-refractivity contribution in [3.8, 4) is 5.95 Å². The number of aromatic nitrogens is 6. The second kappa shape index (κ2) is 6.28. The van der Waals surface area contributed by atoms with E-state index in [1.807, 2.05) is 0 Å². The molecular formula is C19H17N7O2. The van der Waals surface area contributed by atoms with Crippen LogP contribution in [0.5, 0.6) is 0 Å². The molecule has 0 amide bonds. The highest BCUT2D eigenvalue weighted by Crippen LogP contribution is 2.29. The van der Waals surface area contributed by atoms with Gasteiger partial charge >= 0.3 is 5.69 Å². The molecule has 4 aromatic rings. The predicted octanol–water partition coefficient (Wildman–Crippen LogP) is 2.49. The third-order valence-corrected chi connectivity index (χ3v) is 5.30. The van der Waals surface area contributed by atoms with E-state index in [4.69, 9.17) is 6.57 Å². The zero-order valence-electron chi connectivity index (χ0n) is 14.9. The average Bonchev–Trinajstić information content (AvgIpc) is 3.26. The highest BCUT2D eigenvalue weighted by atomic mass is 16.3. The van der Waals surface area contributed by atoms with E-state index in [0.29, 0.717) is 29.2 Å². The first kappa shape index (κ1) is 16.6. The van der Waals surface area contributed by atoms with Gasteiger partial charge in [-0.25, -0.2) is 19.6 Å². The molecule has 140 valence electrons. The molecule has 2 N–H and O–H groups in total. The summed E-state index contributed by atoms with van der Waals surface area (Å²) in [6, 6.07) is 5.15. The van der Waals surface area contributed by atoms with Crippen molar-refractivity contribution in [3.63, 3.8) is 0 Å². The smallest absolute Gasteiger partial charge is 0.327 e. The fraction of sp³-hybridized carbons (Fsp3) is 0.316. The Morgan fingerprint density at radius 3 is 3.00 bits per heavy atom. The van der Waals surface area contributed by atoms with E-state index >= 15 is 0 Å². The van der Waals surface area contributed by atoms with Gasteiger partial charge in [0.05, 0.1) is 29.9 Å². The molecule has 3 aromatic heterocycles. The number of aliphatic hydroxyl groups is 1.